The van der Waals surface area contributed by atoms with E-state index in [0.717, 1.165) is 48.0 Å². The van der Waals surface area contributed by atoms with Crippen molar-refractivity contribution in [2.45, 2.75) is 25.7 Å². The summed E-state index contributed by atoms with van der Waals surface area (Å²) in [5.41, 5.74) is 4.84. The average molecular weight is 325 g/mol. The van der Waals surface area contributed by atoms with Crippen LogP contribution in [0.25, 0.3) is 10.9 Å². The van der Waals surface area contributed by atoms with E-state index in [1.807, 2.05) is 12.1 Å². The van der Waals surface area contributed by atoms with Crippen LogP contribution in [0.3, 0.4) is 0 Å². The first kappa shape index (κ1) is 15.0. The summed E-state index contributed by atoms with van der Waals surface area (Å²) in [6.07, 6.45) is 7.15. The molecule has 3 aromatic rings. The van der Waals surface area contributed by atoms with Crippen molar-refractivity contribution in [3.63, 3.8) is 0 Å². The van der Waals surface area contributed by atoms with Crippen LogP contribution in [-0.4, -0.2) is 22.2 Å². The lowest BCUT2D eigenvalue weighted by atomic mass is 9.94. The number of rotatable bonds is 3. The fraction of sp³-hybridized carbons (Fsp3) is 0.263. The molecule has 0 radical (unpaired) electrons. The summed E-state index contributed by atoms with van der Waals surface area (Å²) >= 11 is 0. The average Bonchev–Trinajstić information content (AvgIpc) is 2.95. The van der Waals surface area contributed by atoms with E-state index in [2.05, 4.69) is 9.97 Å². The van der Waals surface area contributed by atoms with Crippen molar-refractivity contribution in [3.8, 4) is 0 Å². The van der Waals surface area contributed by atoms with E-state index in [4.69, 9.17) is 4.99 Å². The molecule has 4 rings (SSSR count). The molecule has 5 heteroatoms. The number of halogens is 2. The SMILES string of the molecule is Fc1cc2[nH]c3c(c2cc1F)CCC/C3=N\CCc1ccncc1. The molecule has 0 saturated carbocycles. The van der Waals surface area contributed by atoms with Crippen LogP contribution in [0.2, 0.25) is 0 Å². The number of hydrogen-bond acceptors (Lipinski definition) is 2. The Balaban J connectivity index is 1.64. The van der Waals surface area contributed by atoms with E-state index in [0.29, 0.717) is 12.1 Å². The van der Waals surface area contributed by atoms with Crippen LogP contribution in [0.15, 0.2) is 41.7 Å². The quantitative estimate of drug-likeness (QED) is 0.770. The zero-order valence-corrected chi connectivity index (χ0v) is 13.1. The molecule has 1 aromatic carbocycles. The lowest BCUT2D eigenvalue weighted by molar-refractivity contribution is 0.511. The van der Waals surface area contributed by atoms with Crippen molar-refractivity contribution in [1.82, 2.24) is 9.97 Å². The third-order valence-corrected chi connectivity index (χ3v) is 4.53. The number of aryl methyl sites for hydroxylation is 1. The number of nitrogens with one attached hydrogen (secondary N) is 1. The highest BCUT2D eigenvalue weighted by Crippen LogP contribution is 2.30. The summed E-state index contributed by atoms with van der Waals surface area (Å²) in [5, 5.41) is 0.769. The van der Waals surface area contributed by atoms with Crippen molar-refractivity contribution in [3.05, 3.63) is 65.1 Å². The van der Waals surface area contributed by atoms with Gasteiger partial charge in [0, 0.05) is 35.9 Å². The van der Waals surface area contributed by atoms with Crippen LogP contribution in [0.5, 0.6) is 0 Å². The number of nitrogens with zero attached hydrogens (tertiary/aromatic N) is 2. The Morgan fingerprint density at radius 2 is 1.88 bits per heavy atom. The number of hydrogen-bond donors (Lipinski definition) is 1. The Morgan fingerprint density at radius 3 is 2.71 bits per heavy atom. The molecule has 1 aliphatic carbocycles. The Morgan fingerprint density at radius 1 is 1.08 bits per heavy atom. The van der Waals surface area contributed by atoms with E-state index in [1.54, 1.807) is 12.4 Å². The Kier molecular flexibility index (Phi) is 3.84. The van der Waals surface area contributed by atoms with E-state index >= 15 is 0 Å². The highest BCUT2D eigenvalue weighted by molar-refractivity contribution is 6.06. The van der Waals surface area contributed by atoms with E-state index in [1.165, 1.54) is 17.7 Å². The molecule has 0 saturated heterocycles. The van der Waals surface area contributed by atoms with Gasteiger partial charge in [0.2, 0.25) is 0 Å². The molecule has 0 spiro atoms. The van der Waals surface area contributed by atoms with Crippen LogP contribution >= 0.6 is 0 Å². The van der Waals surface area contributed by atoms with E-state index in [9.17, 15) is 8.78 Å². The van der Waals surface area contributed by atoms with E-state index < -0.39 is 11.6 Å². The smallest absolute Gasteiger partial charge is 0.160 e. The van der Waals surface area contributed by atoms with Crippen LogP contribution in [0.1, 0.15) is 29.7 Å². The van der Waals surface area contributed by atoms with E-state index in [-0.39, 0.29) is 0 Å². The third kappa shape index (κ3) is 2.70. The molecule has 122 valence electrons. The van der Waals surface area contributed by atoms with Crippen molar-refractivity contribution in [1.29, 1.82) is 0 Å². The first-order chi connectivity index (χ1) is 11.7. The molecule has 3 nitrogen and oxygen atoms in total. The molecular formula is C19H17F2N3. The number of pyridine rings is 1. The van der Waals surface area contributed by atoms with Gasteiger partial charge >= 0.3 is 0 Å². The molecule has 0 fully saturated rings. The number of benzene rings is 1. The van der Waals surface area contributed by atoms with Crippen molar-refractivity contribution >= 4 is 16.6 Å². The van der Waals surface area contributed by atoms with Gasteiger partial charge in [0.15, 0.2) is 11.6 Å². The number of aliphatic imine (C=N–C) groups is 1. The second-order valence-electron chi connectivity index (χ2n) is 6.08. The zero-order valence-electron chi connectivity index (χ0n) is 13.1. The van der Waals surface area contributed by atoms with Gasteiger partial charge in [-0.3, -0.25) is 9.98 Å². The summed E-state index contributed by atoms with van der Waals surface area (Å²) in [5.74, 6) is -1.62. The van der Waals surface area contributed by atoms with Gasteiger partial charge in [-0.2, -0.15) is 0 Å². The van der Waals surface area contributed by atoms with Crippen molar-refractivity contribution < 1.29 is 8.78 Å². The predicted octanol–water partition coefficient (Wildman–Crippen LogP) is 4.21. The van der Waals surface area contributed by atoms with Gasteiger partial charge < -0.3 is 4.98 Å². The second kappa shape index (κ2) is 6.15. The zero-order chi connectivity index (χ0) is 16.5. The van der Waals surface area contributed by atoms with Crippen molar-refractivity contribution in [2.75, 3.05) is 6.54 Å². The molecule has 1 N–H and O–H groups in total. The number of aromatic amines is 1. The summed E-state index contributed by atoms with van der Waals surface area (Å²) < 4.78 is 27.0. The minimum Gasteiger partial charge on any atom is -0.353 e. The van der Waals surface area contributed by atoms with Crippen LogP contribution in [0.4, 0.5) is 8.78 Å². The predicted molar refractivity (Wildman–Crippen MR) is 90.5 cm³/mol. The number of aromatic nitrogens is 2. The molecule has 0 unspecified atom stereocenters. The molecule has 0 aliphatic heterocycles. The standard InChI is InChI=1S/C19H17F2N3/c20-15-10-14-13-2-1-3-17(19(13)24-18(14)11-16(15)21)23-9-6-12-4-7-22-8-5-12/h4-5,7-8,10-11,24H,1-3,6,9H2/b23-17+. The molecule has 1 aliphatic rings. The van der Waals surface area contributed by atoms with Gasteiger partial charge in [-0.1, -0.05) is 0 Å². The largest absolute Gasteiger partial charge is 0.353 e. The first-order valence-electron chi connectivity index (χ1n) is 8.14. The molecule has 0 amide bonds. The van der Waals surface area contributed by atoms with Gasteiger partial charge in [0.25, 0.3) is 0 Å². The minimum absolute atomic E-state index is 0.641. The fourth-order valence-electron chi connectivity index (χ4n) is 3.34. The second-order valence-corrected chi connectivity index (χ2v) is 6.08. The Labute approximate surface area is 138 Å². The first-order valence-corrected chi connectivity index (χ1v) is 8.14. The van der Waals surface area contributed by atoms with Crippen LogP contribution in [-0.2, 0) is 12.8 Å². The Bertz CT molecular complexity index is 913. The number of fused-ring (bicyclic) bond motifs is 3. The maximum absolute atomic E-state index is 13.6. The monoisotopic (exact) mass is 325 g/mol. The Hall–Kier alpha value is -2.56. The fourth-order valence-corrected chi connectivity index (χ4v) is 3.34. The lowest BCUT2D eigenvalue weighted by Crippen LogP contribution is -2.12. The van der Waals surface area contributed by atoms with Gasteiger partial charge in [0.1, 0.15) is 0 Å². The van der Waals surface area contributed by atoms with Crippen LogP contribution < -0.4 is 0 Å². The summed E-state index contributed by atoms with van der Waals surface area (Å²) in [4.78, 5) is 12.0. The molecule has 2 aromatic heterocycles. The highest BCUT2D eigenvalue weighted by atomic mass is 19.2. The van der Waals surface area contributed by atoms with Gasteiger partial charge in [-0.05, 0) is 55.0 Å². The minimum atomic E-state index is -0.822. The molecule has 0 bridgehead atoms. The van der Waals surface area contributed by atoms with Crippen LogP contribution in [0, 0.1) is 11.6 Å². The topological polar surface area (TPSA) is 41.0 Å². The van der Waals surface area contributed by atoms with Crippen molar-refractivity contribution in [2.24, 2.45) is 4.99 Å². The number of H-pyrrole nitrogens is 1. The van der Waals surface area contributed by atoms with Gasteiger partial charge in [0.05, 0.1) is 11.4 Å². The highest BCUT2D eigenvalue weighted by Gasteiger charge is 2.21. The molecule has 24 heavy (non-hydrogen) atoms. The lowest BCUT2D eigenvalue weighted by Gasteiger charge is -2.14. The maximum Gasteiger partial charge on any atom is 0.160 e. The molecule has 0 atom stereocenters. The summed E-state index contributed by atoms with van der Waals surface area (Å²) in [6.45, 7) is 0.691. The molecule has 2 heterocycles. The third-order valence-electron chi connectivity index (χ3n) is 4.53. The van der Waals surface area contributed by atoms with Gasteiger partial charge in [-0.15, -0.1) is 0 Å². The normalized spacial score (nSPS) is 15.8. The van der Waals surface area contributed by atoms with Gasteiger partial charge in [-0.25, -0.2) is 8.78 Å². The summed E-state index contributed by atoms with van der Waals surface area (Å²) in [6, 6.07) is 6.50. The molecular weight excluding hydrogens is 308 g/mol. The summed E-state index contributed by atoms with van der Waals surface area (Å²) in [7, 11) is 0. The maximum atomic E-state index is 13.6.